The third kappa shape index (κ3) is 5.79. The van der Waals surface area contributed by atoms with E-state index < -0.39 is 0 Å². The maximum absolute atomic E-state index is 13.1. The normalized spacial score (nSPS) is 12.2. The molecule has 0 spiro atoms. The number of carbonyl (C=O) groups excluding carboxylic acids is 1. The molecule has 1 atom stereocenters. The second-order valence-electron chi connectivity index (χ2n) is 7.71. The molecule has 0 aliphatic heterocycles. The summed E-state index contributed by atoms with van der Waals surface area (Å²) in [6.45, 7) is 0. The van der Waals surface area contributed by atoms with Crippen LogP contribution in [0.3, 0.4) is 0 Å². The quantitative estimate of drug-likeness (QED) is 0.181. The van der Waals surface area contributed by atoms with Crippen molar-refractivity contribution < 1.29 is 4.79 Å². The molecule has 0 bridgehead atoms. The van der Waals surface area contributed by atoms with Gasteiger partial charge in [-0.3, -0.25) is 10.2 Å². The maximum atomic E-state index is 13.1. The molecule has 0 aliphatic rings. The molecule has 0 amide bonds. The number of nitrogens with one attached hydrogen (secondary N) is 1. The first-order valence-corrected chi connectivity index (χ1v) is 10.9. The molecule has 158 valence electrons. The van der Waals surface area contributed by atoms with Crippen molar-refractivity contribution in [1.29, 1.82) is 0 Å². The number of hydrazone groups is 1. The fourth-order valence-electron chi connectivity index (χ4n) is 3.74. The predicted octanol–water partition coefficient (Wildman–Crippen LogP) is 6.95. The average molecular weight is 419 g/mol. The highest BCUT2D eigenvalue weighted by Crippen LogP contribution is 2.28. The number of hydrogen-bond donors (Lipinski definition) is 1. The van der Waals surface area contributed by atoms with Crippen molar-refractivity contribution in [3.05, 3.63) is 138 Å². The largest absolute Gasteiger partial charge is 0.294 e. The van der Waals surface area contributed by atoms with Crippen molar-refractivity contribution in [1.82, 2.24) is 0 Å². The lowest BCUT2D eigenvalue weighted by Crippen LogP contribution is -2.14. The van der Waals surface area contributed by atoms with Crippen LogP contribution < -0.4 is 5.43 Å². The van der Waals surface area contributed by atoms with E-state index in [4.69, 9.17) is 5.10 Å². The van der Waals surface area contributed by atoms with Crippen molar-refractivity contribution in [2.24, 2.45) is 5.10 Å². The lowest BCUT2D eigenvalue weighted by atomic mass is 9.86. The van der Waals surface area contributed by atoms with Gasteiger partial charge in [0.25, 0.3) is 0 Å². The summed E-state index contributed by atoms with van der Waals surface area (Å²) in [5.74, 6) is 0.156. The molecule has 0 saturated heterocycles. The summed E-state index contributed by atoms with van der Waals surface area (Å²) in [5, 5.41) is 4.76. The summed E-state index contributed by atoms with van der Waals surface area (Å²) >= 11 is 0. The molecule has 0 radical (unpaired) electrons. The van der Waals surface area contributed by atoms with Gasteiger partial charge < -0.3 is 0 Å². The monoisotopic (exact) mass is 418 g/mol. The van der Waals surface area contributed by atoms with Gasteiger partial charge in [0, 0.05) is 12.0 Å². The Hall–Kier alpha value is -3.98. The third-order valence-electron chi connectivity index (χ3n) is 5.44. The third-order valence-corrected chi connectivity index (χ3v) is 5.44. The fraction of sp³-hybridized carbons (Fsp3) is 0.103. The average Bonchev–Trinajstić information content (AvgIpc) is 2.88. The molecule has 3 heteroatoms. The molecule has 4 rings (SSSR count). The van der Waals surface area contributed by atoms with Gasteiger partial charge in [-0.25, -0.2) is 0 Å². The molecule has 0 fully saturated rings. The van der Waals surface area contributed by atoms with E-state index in [1.807, 2.05) is 97.1 Å². The van der Waals surface area contributed by atoms with Crippen LogP contribution in [-0.4, -0.2) is 11.5 Å². The second kappa shape index (κ2) is 10.9. The summed E-state index contributed by atoms with van der Waals surface area (Å²) in [5.41, 5.74) is 7.97. The van der Waals surface area contributed by atoms with E-state index in [0.717, 1.165) is 28.1 Å². The molecule has 0 aliphatic carbocycles. The van der Waals surface area contributed by atoms with Crippen LogP contribution in [0, 0.1) is 0 Å². The van der Waals surface area contributed by atoms with Crippen LogP contribution in [0.5, 0.6) is 0 Å². The van der Waals surface area contributed by atoms with E-state index >= 15 is 0 Å². The van der Waals surface area contributed by atoms with Gasteiger partial charge in [-0.2, -0.15) is 5.10 Å². The van der Waals surface area contributed by atoms with Crippen LogP contribution in [0.4, 0.5) is 5.69 Å². The van der Waals surface area contributed by atoms with Gasteiger partial charge >= 0.3 is 0 Å². The minimum atomic E-state index is 0.0143. The van der Waals surface area contributed by atoms with Crippen LogP contribution in [0.1, 0.15) is 40.2 Å². The van der Waals surface area contributed by atoms with E-state index in [1.54, 1.807) is 0 Å². The van der Waals surface area contributed by atoms with Crippen molar-refractivity contribution in [2.45, 2.75) is 18.8 Å². The van der Waals surface area contributed by atoms with Crippen LogP contribution in [0.25, 0.3) is 0 Å². The lowest BCUT2D eigenvalue weighted by Gasteiger charge is -2.19. The van der Waals surface area contributed by atoms with Gasteiger partial charge in [0.2, 0.25) is 0 Å². The van der Waals surface area contributed by atoms with E-state index in [2.05, 4.69) is 29.7 Å². The van der Waals surface area contributed by atoms with Crippen LogP contribution in [0.15, 0.2) is 126 Å². The number of Topliss-reactive ketones (excluding diaryl/α,β-unsaturated/α-hetero) is 1. The molecule has 4 aromatic carbocycles. The minimum absolute atomic E-state index is 0.0143. The zero-order valence-corrected chi connectivity index (χ0v) is 17.9. The number of rotatable bonds is 9. The van der Waals surface area contributed by atoms with Gasteiger partial charge in [-0.05, 0) is 35.6 Å². The SMILES string of the molecule is O=C(CC(C/C(=N/Nc1ccccc1)c1ccccc1)c1ccccc1)c1ccccc1. The van der Waals surface area contributed by atoms with Crippen molar-refractivity contribution in [3.8, 4) is 0 Å². The van der Waals surface area contributed by atoms with Crippen molar-refractivity contribution >= 4 is 17.2 Å². The van der Waals surface area contributed by atoms with Crippen LogP contribution in [-0.2, 0) is 0 Å². The molecule has 32 heavy (non-hydrogen) atoms. The Kier molecular flexibility index (Phi) is 7.22. The molecule has 1 unspecified atom stereocenters. The number of hydrogen-bond acceptors (Lipinski definition) is 3. The first-order chi connectivity index (χ1) is 15.8. The summed E-state index contributed by atoms with van der Waals surface area (Å²) < 4.78 is 0. The highest BCUT2D eigenvalue weighted by molar-refractivity contribution is 6.02. The molecular weight excluding hydrogens is 392 g/mol. The Balaban J connectivity index is 1.64. The van der Waals surface area contributed by atoms with E-state index in [1.165, 1.54) is 0 Å². The Morgan fingerprint density at radius 1 is 0.625 bits per heavy atom. The summed E-state index contributed by atoms with van der Waals surface area (Å²) in [6.07, 6.45) is 1.07. The summed E-state index contributed by atoms with van der Waals surface area (Å²) in [4.78, 5) is 13.1. The van der Waals surface area contributed by atoms with E-state index in [-0.39, 0.29) is 11.7 Å². The van der Waals surface area contributed by atoms with Gasteiger partial charge in [-0.1, -0.05) is 109 Å². The standard InChI is InChI=1S/C29H26N2O/c32-29(25-17-9-3-10-18-25)22-26(23-13-5-1-6-14-23)21-28(24-15-7-2-8-16-24)31-30-27-19-11-4-12-20-27/h1-20,26,30H,21-22H2/b31-28-. The molecule has 4 aromatic rings. The first kappa shape index (κ1) is 21.3. The number of anilines is 1. The van der Waals surface area contributed by atoms with Gasteiger partial charge in [0.15, 0.2) is 5.78 Å². The first-order valence-electron chi connectivity index (χ1n) is 10.9. The highest BCUT2D eigenvalue weighted by Gasteiger charge is 2.20. The van der Waals surface area contributed by atoms with Crippen molar-refractivity contribution in [3.63, 3.8) is 0 Å². The highest BCUT2D eigenvalue weighted by atomic mass is 16.1. The smallest absolute Gasteiger partial charge is 0.163 e. The van der Waals surface area contributed by atoms with Crippen molar-refractivity contribution in [2.75, 3.05) is 5.43 Å². The number of carbonyl (C=O) groups is 1. The zero-order chi connectivity index (χ0) is 22.0. The van der Waals surface area contributed by atoms with Gasteiger partial charge in [0.05, 0.1) is 11.4 Å². The lowest BCUT2D eigenvalue weighted by molar-refractivity contribution is 0.0974. The number of benzene rings is 4. The minimum Gasteiger partial charge on any atom is -0.294 e. The molecule has 1 N–H and O–H groups in total. The molecule has 0 heterocycles. The summed E-state index contributed by atoms with van der Waals surface area (Å²) in [6, 6.07) is 39.8. The predicted molar refractivity (Wildman–Crippen MR) is 132 cm³/mol. The Labute approximate surface area is 189 Å². The molecule has 3 nitrogen and oxygen atoms in total. The molecule has 0 saturated carbocycles. The Morgan fingerprint density at radius 2 is 1.12 bits per heavy atom. The zero-order valence-electron chi connectivity index (χ0n) is 17.9. The summed E-state index contributed by atoms with van der Waals surface area (Å²) in [7, 11) is 0. The van der Waals surface area contributed by atoms with Crippen LogP contribution in [0.2, 0.25) is 0 Å². The molecular formula is C29H26N2O. The van der Waals surface area contributed by atoms with Gasteiger partial charge in [0.1, 0.15) is 0 Å². The fourth-order valence-corrected chi connectivity index (χ4v) is 3.74. The topological polar surface area (TPSA) is 41.5 Å². The van der Waals surface area contributed by atoms with Crippen LogP contribution >= 0.6 is 0 Å². The van der Waals surface area contributed by atoms with E-state index in [0.29, 0.717) is 12.8 Å². The Morgan fingerprint density at radius 3 is 1.72 bits per heavy atom. The van der Waals surface area contributed by atoms with E-state index in [9.17, 15) is 4.79 Å². The second-order valence-corrected chi connectivity index (χ2v) is 7.71. The number of ketones is 1. The Bertz CT molecular complexity index is 1140. The van der Waals surface area contributed by atoms with Gasteiger partial charge in [-0.15, -0.1) is 0 Å². The molecule has 0 aromatic heterocycles. The maximum Gasteiger partial charge on any atom is 0.163 e. The number of para-hydroxylation sites is 1. The number of nitrogens with zero attached hydrogens (tertiary/aromatic N) is 1.